The van der Waals surface area contributed by atoms with E-state index in [-0.39, 0.29) is 29.6 Å². The number of phenolic OH excluding ortho intramolecular Hbond substituents is 1. The van der Waals surface area contributed by atoms with Crippen molar-refractivity contribution in [2.45, 2.75) is 70.2 Å². The fourth-order valence-corrected chi connectivity index (χ4v) is 7.02. The minimum atomic E-state index is -3.71. The van der Waals surface area contributed by atoms with E-state index in [1.54, 1.807) is 6.92 Å². The number of aromatic hydroxyl groups is 1. The average Bonchev–Trinajstić information content (AvgIpc) is 3.64. The maximum absolute atomic E-state index is 14.5. The maximum Gasteiger partial charge on any atom is 0.387 e. The first kappa shape index (κ1) is 32.7. The molecule has 3 unspecified atom stereocenters. The average molecular weight is 628 g/mol. The van der Waals surface area contributed by atoms with Gasteiger partial charge in [0.2, 0.25) is 10.0 Å². The number of nitrogens with one attached hydrogen (secondary N) is 2. The smallest absolute Gasteiger partial charge is 0.387 e. The highest BCUT2D eigenvalue weighted by Gasteiger charge is 2.43. The Hall–Kier alpha value is -3.16. The summed E-state index contributed by atoms with van der Waals surface area (Å²) in [7, 11) is -3.71. The summed E-state index contributed by atoms with van der Waals surface area (Å²) in [6.45, 7) is -0.914. The normalized spacial score (nSPS) is 19.5. The number of ether oxygens (including phenoxy) is 1. The van der Waals surface area contributed by atoms with Crippen LogP contribution in [0.1, 0.15) is 61.4 Å². The Morgan fingerprint density at radius 1 is 1.14 bits per heavy atom. The van der Waals surface area contributed by atoms with Crippen molar-refractivity contribution in [2.24, 2.45) is 5.92 Å². The maximum atomic E-state index is 14.5. The Balaban J connectivity index is 1.81. The number of sulfonamides is 1. The van der Waals surface area contributed by atoms with Crippen molar-refractivity contribution in [2.75, 3.05) is 19.3 Å². The number of hydrogen-bond acceptors (Lipinski definition) is 6. The molecule has 1 aliphatic heterocycles. The lowest BCUT2D eigenvalue weighted by Crippen LogP contribution is -2.62. The third-order valence-corrected chi connectivity index (χ3v) is 8.66. The van der Waals surface area contributed by atoms with Gasteiger partial charge in [0.1, 0.15) is 11.6 Å². The summed E-state index contributed by atoms with van der Waals surface area (Å²) in [5.41, 5.74) is 0.593. The van der Waals surface area contributed by atoms with Crippen molar-refractivity contribution in [3.05, 3.63) is 64.7 Å². The molecule has 13 heteroatoms. The van der Waals surface area contributed by atoms with Crippen LogP contribution in [0.2, 0.25) is 0 Å². The second kappa shape index (κ2) is 14.1. The molecular formula is C30H37F4N3O5S. The molecule has 0 bridgehead atoms. The molecule has 1 amide bonds. The molecule has 1 saturated carbocycles. The van der Waals surface area contributed by atoms with Crippen LogP contribution in [0.4, 0.5) is 17.6 Å². The van der Waals surface area contributed by atoms with Crippen LogP contribution in [-0.4, -0.2) is 68.4 Å². The number of carbonyl (C=O) groups excluding carboxylic acids is 1. The van der Waals surface area contributed by atoms with Crippen molar-refractivity contribution in [1.29, 1.82) is 0 Å². The molecule has 43 heavy (non-hydrogen) atoms. The Labute approximate surface area is 249 Å². The molecule has 2 aromatic carbocycles. The number of rotatable bonds is 12. The number of amides is 1. The highest BCUT2D eigenvalue weighted by Crippen LogP contribution is 2.35. The molecule has 1 saturated heterocycles. The van der Waals surface area contributed by atoms with E-state index < -0.39 is 57.8 Å². The molecular weight excluding hydrogens is 590 g/mol. The standard InChI is InChI=1S/C30H37F4N3O5S/c1-18(14-20-9-11-22(31)16-23(20)32)17-37(29(39)21-10-12-26(25(38)15-21)42-30(33)34)28(24-8-5-13-35-24)27(36-43(2,40)41)19-6-3-4-7-19/h9-12,14-16,19,24,27-28,30,35-36,38H,3-8,13,17H2,1-2H3. The molecule has 1 aliphatic carbocycles. The summed E-state index contributed by atoms with van der Waals surface area (Å²) in [6.07, 6.45) is 7.35. The lowest BCUT2D eigenvalue weighted by Gasteiger charge is -2.43. The predicted molar refractivity (Wildman–Crippen MR) is 154 cm³/mol. The minimum Gasteiger partial charge on any atom is -0.504 e. The zero-order valence-corrected chi connectivity index (χ0v) is 24.8. The molecule has 1 heterocycles. The Morgan fingerprint density at radius 2 is 1.86 bits per heavy atom. The van der Waals surface area contributed by atoms with E-state index in [1.165, 1.54) is 23.1 Å². The van der Waals surface area contributed by atoms with Crippen LogP contribution >= 0.6 is 0 Å². The molecule has 4 rings (SSSR count). The van der Waals surface area contributed by atoms with Gasteiger partial charge in [-0.2, -0.15) is 8.78 Å². The number of phenols is 1. The lowest BCUT2D eigenvalue weighted by atomic mass is 9.86. The number of carbonyl (C=O) groups is 1. The summed E-state index contributed by atoms with van der Waals surface area (Å²) >= 11 is 0. The number of nitrogens with zero attached hydrogens (tertiary/aromatic N) is 1. The second-order valence-corrected chi connectivity index (χ2v) is 13.1. The van der Waals surface area contributed by atoms with Crippen molar-refractivity contribution in [3.8, 4) is 11.5 Å². The quantitative estimate of drug-likeness (QED) is 0.285. The van der Waals surface area contributed by atoms with E-state index >= 15 is 0 Å². The summed E-state index contributed by atoms with van der Waals surface area (Å²) < 4.78 is 86.0. The molecule has 3 atom stereocenters. The first-order valence-corrected chi connectivity index (χ1v) is 16.1. The molecule has 3 N–H and O–H groups in total. The van der Waals surface area contributed by atoms with Crippen LogP contribution in [0.3, 0.4) is 0 Å². The van der Waals surface area contributed by atoms with Gasteiger partial charge in [-0.15, -0.1) is 0 Å². The number of benzene rings is 2. The molecule has 2 aromatic rings. The lowest BCUT2D eigenvalue weighted by molar-refractivity contribution is -0.0512. The van der Waals surface area contributed by atoms with Crippen LogP contribution in [0.15, 0.2) is 42.0 Å². The van der Waals surface area contributed by atoms with E-state index in [2.05, 4.69) is 14.8 Å². The zero-order valence-electron chi connectivity index (χ0n) is 24.0. The van der Waals surface area contributed by atoms with Crippen LogP contribution in [-0.2, 0) is 10.0 Å². The Kier molecular flexibility index (Phi) is 10.7. The van der Waals surface area contributed by atoms with Crippen molar-refractivity contribution in [1.82, 2.24) is 14.9 Å². The molecule has 0 aromatic heterocycles. The Bertz CT molecular complexity index is 1430. The van der Waals surface area contributed by atoms with E-state index in [9.17, 15) is 35.9 Å². The fourth-order valence-electron chi connectivity index (χ4n) is 6.20. The first-order chi connectivity index (χ1) is 20.3. The fraction of sp³-hybridized carbons (Fsp3) is 0.500. The molecule has 236 valence electrons. The zero-order chi connectivity index (χ0) is 31.3. The molecule has 8 nitrogen and oxygen atoms in total. The Morgan fingerprint density at radius 3 is 2.44 bits per heavy atom. The first-order valence-electron chi connectivity index (χ1n) is 14.2. The van der Waals surface area contributed by atoms with E-state index in [1.807, 2.05) is 0 Å². The van der Waals surface area contributed by atoms with Crippen molar-refractivity contribution >= 4 is 22.0 Å². The van der Waals surface area contributed by atoms with E-state index in [0.717, 1.165) is 62.6 Å². The van der Waals surface area contributed by atoms with E-state index in [4.69, 9.17) is 0 Å². The third-order valence-electron chi connectivity index (χ3n) is 7.96. The number of alkyl halides is 2. The number of hydrogen-bond donors (Lipinski definition) is 3. The van der Waals surface area contributed by atoms with Gasteiger partial charge in [0.15, 0.2) is 11.5 Å². The largest absolute Gasteiger partial charge is 0.504 e. The van der Waals surface area contributed by atoms with Crippen LogP contribution in [0.25, 0.3) is 6.08 Å². The summed E-state index contributed by atoms with van der Waals surface area (Å²) in [6, 6.07) is 4.83. The molecule has 0 spiro atoms. The highest BCUT2D eigenvalue weighted by molar-refractivity contribution is 7.88. The minimum absolute atomic E-state index is 0.0348. The molecule has 2 aliphatic rings. The van der Waals surface area contributed by atoms with Crippen LogP contribution in [0, 0.1) is 17.6 Å². The number of halogens is 4. The van der Waals surface area contributed by atoms with Gasteiger partial charge in [-0.25, -0.2) is 21.9 Å². The van der Waals surface area contributed by atoms with Gasteiger partial charge in [-0.3, -0.25) is 4.79 Å². The molecule has 2 fully saturated rings. The summed E-state index contributed by atoms with van der Waals surface area (Å²) in [5.74, 6) is -3.34. The summed E-state index contributed by atoms with van der Waals surface area (Å²) in [4.78, 5) is 15.8. The van der Waals surface area contributed by atoms with Gasteiger partial charge in [-0.1, -0.05) is 24.5 Å². The van der Waals surface area contributed by atoms with Crippen molar-refractivity contribution in [3.63, 3.8) is 0 Å². The van der Waals surface area contributed by atoms with Crippen molar-refractivity contribution < 1.29 is 40.6 Å². The highest BCUT2D eigenvalue weighted by atomic mass is 32.2. The molecule has 0 radical (unpaired) electrons. The van der Waals surface area contributed by atoms with Gasteiger partial charge in [0, 0.05) is 35.8 Å². The predicted octanol–water partition coefficient (Wildman–Crippen LogP) is 5.05. The van der Waals surface area contributed by atoms with Crippen LogP contribution < -0.4 is 14.8 Å². The second-order valence-electron chi connectivity index (χ2n) is 11.3. The SMILES string of the molecule is CC(=Cc1ccc(F)cc1F)CN(C(=O)c1ccc(OC(F)F)c(O)c1)C(C1CCCN1)C(NS(C)(=O)=O)C1CCCC1. The van der Waals surface area contributed by atoms with Gasteiger partial charge in [-0.05, 0) is 75.4 Å². The van der Waals surface area contributed by atoms with Gasteiger partial charge in [0.25, 0.3) is 5.91 Å². The van der Waals surface area contributed by atoms with Gasteiger partial charge in [0.05, 0.1) is 12.3 Å². The monoisotopic (exact) mass is 627 g/mol. The van der Waals surface area contributed by atoms with Gasteiger partial charge >= 0.3 is 6.61 Å². The topological polar surface area (TPSA) is 108 Å². The summed E-state index contributed by atoms with van der Waals surface area (Å²) in [5, 5.41) is 13.8. The van der Waals surface area contributed by atoms with Gasteiger partial charge < -0.3 is 20.1 Å². The van der Waals surface area contributed by atoms with Crippen LogP contribution in [0.5, 0.6) is 11.5 Å². The van der Waals surface area contributed by atoms with E-state index in [0.29, 0.717) is 18.5 Å². The third kappa shape index (κ3) is 8.70.